The summed E-state index contributed by atoms with van der Waals surface area (Å²) in [4.78, 5) is 0. The maximum Gasteiger partial charge on any atom is 0.162 e. The number of benzene rings is 1. The first kappa shape index (κ1) is 16.6. The summed E-state index contributed by atoms with van der Waals surface area (Å²) in [6, 6.07) is 3.95. The van der Waals surface area contributed by atoms with Crippen LogP contribution in [-0.4, -0.2) is 20.3 Å². The maximum absolute atomic E-state index is 5.49. The van der Waals surface area contributed by atoms with Crippen molar-refractivity contribution in [3.05, 3.63) is 22.2 Å². The summed E-state index contributed by atoms with van der Waals surface area (Å²) in [5.41, 5.74) is 1.17. The standard InChI is InChI=1S/C12H18BrNO2.ClH/c1-4-14-8-9-6-11(15-3)12(16-5-2)7-10(9)13;/h6-7,14H,4-5,8H2,1-3H3;1H. The monoisotopic (exact) mass is 323 g/mol. The molecule has 3 nitrogen and oxygen atoms in total. The number of halogens is 2. The molecule has 0 heterocycles. The Morgan fingerprint density at radius 1 is 1.24 bits per heavy atom. The van der Waals surface area contributed by atoms with E-state index >= 15 is 0 Å². The van der Waals surface area contributed by atoms with Gasteiger partial charge in [-0.2, -0.15) is 0 Å². The third kappa shape index (κ3) is 4.74. The molecule has 98 valence electrons. The van der Waals surface area contributed by atoms with Gasteiger partial charge in [-0.3, -0.25) is 0 Å². The van der Waals surface area contributed by atoms with E-state index in [-0.39, 0.29) is 12.4 Å². The van der Waals surface area contributed by atoms with Crippen molar-refractivity contribution in [2.45, 2.75) is 20.4 Å². The molecule has 0 aliphatic rings. The number of hydrogen-bond donors (Lipinski definition) is 1. The van der Waals surface area contributed by atoms with Crippen LogP contribution in [0.4, 0.5) is 0 Å². The highest BCUT2D eigenvalue weighted by atomic mass is 79.9. The number of methoxy groups -OCH3 is 1. The molecule has 0 radical (unpaired) electrons. The third-order valence-electron chi connectivity index (χ3n) is 2.20. The van der Waals surface area contributed by atoms with Crippen LogP contribution in [0.1, 0.15) is 19.4 Å². The number of nitrogens with one attached hydrogen (secondary N) is 1. The van der Waals surface area contributed by atoms with Gasteiger partial charge in [0.15, 0.2) is 11.5 Å². The number of hydrogen-bond acceptors (Lipinski definition) is 3. The molecule has 0 amide bonds. The van der Waals surface area contributed by atoms with E-state index in [9.17, 15) is 0 Å². The molecule has 0 spiro atoms. The molecule has 0 unspecified atom stereocenters. The van der Waals surface area contributed by atoms with Gasteiger partial charge in [0.25, 0.3) is 0 Å². The summed E-state index contributed by atoms with van der Waals surface area (Å²) in [7, 11) is 1.66. The fraction of sp³-hybridized carbons (Fsp3) is 0.500. The van der Waals surface area contributed by atoms with Gasteiger partial charge in [0.05, 0.1) is 13.7 Å². The van der Waals surface area contributed by atoms with Gasteiger partial charge in [-0.05, 0) is 31.2 Å². The zero-order valence-electron chi connectivity index (χ0n) is 10.4. The SMILES string of the molecule is CCNCc1cc(OC)c(OCC)cc1Br.Cl. The highest BCUT2D eigenvalue weighted by molar-refractivity contribution is 9.10. The quantitative estimate of drug-likeness (QED) is 0.870. The first-order valence-corrected chi connectivity index (χ1v) is 6.22. The van der Waals surface area contributed by atoms with Crippen molar-refractivity contribution in [2.24, 2.45) is 0 Å². The van der Waals surface area contributed by atoms with Crippen molar-refractivity contribution in [1.29, 1.82) is 0 Å². The number of rotatable bonds is 6. The van der Waals surface area contributed by atoms with Crippen LogP contribution < -0.4 is 14.8 Å². The van der Waals surface area contributed by atoms with Crippen molar-refractivity contribution in [1.82, 2.24) is 5.32 Å². The van der Waals surface area contributed by atoms with Crippen molar-refractivity contribution >= 4 is 28.3 Å². The van der Waals surface area contributed by atoms with Crippen molar-refractivity contribution in [2.75, 3.05) is 20.3 Å². The molecule has 5 heteroatoms. The van der Waals surface area contributed by atoms with E-state index in [1.54, 1.807) is 7.11 Å². The minimum absolute atomic E-state index is 0. The van der Waals surface area contributed by atoms with E-state index in [4.69, 9.17) is 9.47 Å². The molecule has 0 saturated heterocycles. The number of ether oxygens (including phenoxy) is 2. The molecule has 0 aromatic heterocycles. The Kier molecular flexibility index (Phi) is 8.39. The van der Waals surface area contributed by atoms with Crippen LogP contribution in [0.15, 0.2) is 16.6 Å². The topological polar surface area (TPSA) is 30.5 Å². The van der Waals surface area contributed by atoms with Gasteiger partial charge in [-0.25, -0.2) is 0 Å². The lowest BCUT2D eigenvalue weighted by molar-refractivity contribution is 0.310. The molecule has 0 atom stereocenters. The first-order valence-electron chi connectivity index (χ1n) is 5.42. The van der Waals surface area contributed by atoms with Gasteiger partial charge in [-0.1, -0.05) is 22.9 Å². The predicted molar refractivity (Wildman–Crippen MR) is 76.5 cm³/mol. The second-order valence-electron chi connectivity index (χ2n) is 3.31. The van der Waals surface area contributed by atoms with Crippen LogP contribution in [0.25, 0.3) is 0 Å². The molecule has 17 heavy (non-hydrogen) atoms. The third-order valence-corrected chi connectivity index (χ3v) is 2.94. The van der Waals surface area contributed by atoms with Crippen molar-refractivity contribution in [3.63, 3.8) is 0 Å². The van der Waals surface area contributed by atoms with E-state index in [1.165, 1.54) is 5.56 Å². The molecule has 1 N–H and O–H groups in total. The fourth-order valence-corrected chi connectivity index (χ4v) is 1.86. The molecule has 0 aliphatic carbocycles. The largest absolute Gasteiger partial charge is 0.493 e. The van der Waals surface area contributed by atoms with Crippen LogP contribution in [0.2, 0.25) is 0 Å². The molecular formula is C12H19BrClNO2. The molecule has 0 bridgehead atoms. The second-order valence-corrected chi connectivity index (χ2v) is 4.16. The average molecular weight is 325 g/mol. The normalized spacial score (nSPS) is 9.65. The van der Waals surface area contributed by atoms with Crippen LogP contribution >= 0.6 is 28.3 Å². The van der Waals surface area contributed by atoms with Gasteiger partial charge in [-0.15, -0.1) is 12.4 Å². The van der Waals surface area contributed by atoms with Gasteiger partial charge in [0.1, 0.15) is 0 Å². The minimum atomic E-state index is 0. The van der Waals surface area contributed by atoms with Crippen LogP contribution in [0, 0.1) is 0 Å². The summed E-state index contributed by atoms with van der Waals surface area (Å²) in [6.07, 6.45) is 0. The summed E-state index contributed by atoms with van der Waals surface area (Å²) in [6.45, 7) is 6.44. The zero-order chi connectivity index (χ0) is 12.0. The van der Waals surface area contributed by atoms with E-state index in [1.807, 2.05) is 19.1 Å². The fourth-order valence-electron chi connectivity index (χ4n) is 1.40. The zero-order valence-corrected chi connectivity index (χ0v) is 12.8. The van der Waals surface area contributed by atoms with E-state index in [2.05, 4.69) is 28.2 Å². The molecule has 0 saturated carbocycles. The lowest BCUT2D eigenvalue weighted by Crippen LogP contribution is -2.12. The Morgan fingerprint density at radius 3 is 2.47 bits per heavy atom. The maximum atomic E-state index is 5.49. The highest BCUT2D eigenvalue weighted by Crippen LogP contribution is 2.33. The Balaban J connectivity index is 0.00000256. The van der Waals surface area contributed by atoms with Crippen molar-refractivity contribution in [3.8, 4) is 11.5 Å². The smallest absolute Gasteiger partial charge is 0.162 e. The Hall–Kier alpha value is -0.450. The van der Waals surface area contributed by atoms with E-state index < -0.39 is 0 Å². The second kappa shape index (κ2) is 8.61. The van der Waals surface area contributed by atoms with Gasteiger partial charge in [0.2, 0.25) is 0 Å². The summed E-state index contributed by atoms with van der Waals surface area (Å²) in [5.74, 6) is 1.55. The molecule has 0 aliphatic heterocycles. The summed E-state index contributed by atoms with van der Waals surface area (Å²) < 4.78 is 11.8. The molecule has 0 fully saturated rings. The molecule has 1 aromatic carbocycles. The van der Waals surface area contributed by atoms with E-state index in [0.29, 0.717) is 6.61 Å². The summed E-state index contributed by atoms with van der Waals surface area (Å²) >= 11 is 3.54. The van der Waals surface area contributed by atoms with Gasteiger partial charge in [0, 0.05) is 11.0 Å². The Labute approximate surface area is 117 Å². The van der Waals surface area contributed by atoms with Gasteiger partial charge >= 0.3 is 0 Å². The van der Waals surface area contributed by atoms with Crippen molar-refractivity contribution < 1.29 is 9.47 Å². The Bertz CT molecular complexity index is 348. The minimum Gasteiger partial charge on any atom is -0.493 e. The van der Waals surface area contributed by atoms with E-state index in [0.717, 1.165) is 29.1 Å². The van der Waals surface area contributed by atoms with Gasteiger partial charge < -0.3 is 14.8 Å². The lowest BCUT2D eigenvalue weighted by Gasteiger charge is -2.13. The first-order chi connectivity index (χ1) is 7.72. The predicted octanol–water partition coefficient (Wildman–Crippen LogP) is 3.39. The highest BCUT2D eigenvalue weighted by Gasteiger charge is 2.09. The average Bonchev–Trinajstić information content (AvgIpc) is 2.28. The molecule has 1 rings (SSSR count). The molecule has 1 aromatic rings. The van der Waals surface area contributed by atoms with Crippen LogP contribution in [0.3, 0.4) is 0 Å². The Morgan fingerprint density at radius 2 is 1.94 bits per heavy atom. The molecular weight excluding hydrogens is 305 g/mol. The van der Waals surface area contributed by atoms with Crippen LogP contribution in [0.5, 0.6) is 11.5 Å². The van der Waals surface area contributed by atoms with Crippen LogP contribution in [-0.2, 0) is 6.54 Å². The summed E-state index contributed by atoms with van der Waals surface area (Å²) in [5, 5.41) is 3.28. The lowest BCUT2D eigenvalue weighted by atomic mass is 10.2.